The molecule has 1 unspecified atom stereocenters. The van der Waals surface area contributed by atoms with Crippen molar-refractivity contribution in [3.05, 3.63) is 58.6 Å². The van der Waals surface area contributed by atoms with Crippen LogP contribution >= 0.6 is 11.6 Å². The lowest BCUT2D eigenvalue weighted by Gasteiger charge is -2.20. The van der Waals surface area contributed by atoms with E-state index in [1.54, 1.807) is 11.0 Å². The number of sulfone groups is 1. The second-order valence-corrected chi connectivity index (χ2v) is 13.1. The maximum Gasteiger partial charge on any atom is 0.238 e. The molecule has 3 aromatic rings. The van der Waals surface area contributed by atoms with Crippen molar-refractivity contribution in [2.75, 3.05) is 30.8 Å². The maximum absolute atomic E-state index is 14.2. The maximum atomic E-state index is 14.2. The van der Waals surface area contributed by atoms with Gasteiger partial charge < -0.3 is 14.4 Å². The van der Waals surface area contributed by atoms with E-state index in [9.17, 15) is 17.6 Å². The molecule has 2 fully saturated rings. The summed E-state index contributed by atoms with van der Waals surface area (Å²) in [5.41, 5.74) is 2.72. The lowest BCUT2D eigenvalue weighted by Crippen LogP contribution is -2.32. The van der Waals surface area contributed by atoms with Crippen LogP contribution in [0.2, 0.25) is 5.02 Å². The minimum Gasteiger partial charge on any atom is -0.326 e. The Kier molecular flexibility index (Phi) is 5.66. The number of carbonyl (C=O) groups excluding carboxylic acids is 1. The Balaban J connectivity index is 1.26. The van der Waals surface area contributed by atoms with Crippen LogP contribution in [0.1, 0.15) is 37.1 Å². The van der Waals surface area contributed by atoms with E-state index >= 15 is 0 Å². The monoisotopic (exact) mass is 530 g/mol. The molecule has 1 aliphatic carbocycles. The van der Waals surface area contributed by atoms with Gasteiger partial charge in [0.1, 0.15) is 11.6 Å². The number of aryl methyl sites for hydroxylation is 1. The molecule has 1 saturated carbocycles. The van der Waals surface area contributed by atoms with Gasteiger partial charge in [0.15, 0.2) is 9.84 Å². The number of benzene rings is 2. The highest BCUT2D eigenvalue weighted by molar-refractivity contribution is 7.91. The molecular weight excluding hydrogens is 503 g/mol. The molecule has 10 heteroatoms. The normalized spacial score (nSPS) is 21.1. The number of hydrogen-bond acceptors (Lipinski definition) is 5. The second-order valence-electron chi connectivity index (χ2n) is 10.3. The van der Waals surface area contributed by atoms with Crippen LogP contribution < -0.4 is 4.90 Å². The fourth-order valence-corrected chi connectivity index (χ4v) is 7.03. The summed E-state index contributed by atoms with van der Waals surface area (Å²) >= 11 is 6.23. The Morgan fingerprint density at radius 1 is 1.17 bits per heavy atom. The van der Waals surface area contributed by atoms with E-state index in [0.29, 0.717) is 30.2 Å². The first-order valence-electron chi connectivity index (χ1n) is 12.3. The van der Waals surface area contributed by atoms with Crippen molar-refractivity contribution in [1.29, 1.82) is 0 Å². The number of aromatic nitrogens is 2. The number of rotatable bonds is 7. The summed E-state index contributed by atoms with van der Waals surface area (Å²) in [6.07, 6.45) is 4.37. The van der Waals surface area contributed by atoms with Gasteiger partial charge in [0, 0.05) is 24.4 Å². The second kappa shape index (κ2) is 8.53. The Morgan fingerprint density at radius 2 is 1.97 bits per heavy atom. The fraction of sp³-hybridized carbons (Fsp3) is 0.462. The number of hydrogen-bond donors (Lipinski definition) is 0. The van der Waals surface area contributed by atoms with E-state index in [1.165, 1.54) is 18.4 Å². The predicted molar refractivity (Wildman–Crippen MR) is 138 cm³/mol. The minimum absolute atomic E-state index is 0.0172. The highest BCUT2D eigenvalue weighted by atomic mass is 35.5. The number of halogens is 2. The first kappa shape index (κ1) is 23.9. The van der Waals surface area contributed by atoms with Gasteiger partial charge in [0.05, 0.1) is 33.9 Å². The third-order valence-electron chi connectivity index (χ3n) is 7.95. The van der Waals surface area contributed by atoms with Gasteiger partial charge in [-0.25, -0.2) is 17.8 Å². The molecule has 1 amide bonds. The van der Waals surface area contributed by atoms with Crippen molar-refractivity contribution in [3.8, 4) is 0 Å². The van der Waals surface area contributed by atoms with Crippen LogP contribution in [0.25, 0.3) is 11.0 Å². The van der Waals surface area contributed by atoms with Crippen molar-refractivity contribution in [2.45, 2.75) is 49.4 Å². The van der Waals surface area contributed by atoms with Gasteiger partial charge in [-0.1, -0.05) is 17.7 Å². The third-order valence-corrected chi connectivity index (χ3v) is 9.78. The Bertz CT molecular complexity index is 1480. The standard InChI is InChI=1S/C26H28ClFN4O3S/c1-36(34,35)19-7-12-30(15-19)10-2-11-31-22-6-3-17(27)13-21(22)29-24(31)16-32-23-14-18(28)4-5-20(23)26(8-9-26)25(32)33/h3-6,13-14,19H,2,7-12,15-16H2,1H3. The summed E-state index contributed by atoms with van der Waals surface area (Å²) < 4.78 is 40.1. The molecule has 0 N–H and O–H groups in total. The highest BCUT2D eigenvalue weighted by Gasteiger charge is 2.59. The van der Waals surface area contributed by atoms with Gasteiger partial charge in [-0.3, -0.25) is 4.79 Å². The molecule has 1 atom stereocenters. The number of fused-ring (bicyclic) bond motifs is 3. The summed E-state index contributed by atoms with van der Waals surface area (Å²) in [5.74, 6) is 0.384. The summed E-state index contributed by atoms with van der Waals surface area (Å²) in [6.45, 7) is 3.04. The largest absolute Gasteiger partial charge is 0.326 e. The first-order chi connectivity index (χ1) is 17.2. The van der Waals surface area contributed by atoms with E-state index in [2.05, 4.69) is 9.47 Å². The molecule has 7 nitrogen and oxygen atoms in total. The Hall–Kier alpha value is -2.49. The average molecular weight is 531 g/mol. The molecule has 6 rings (SSSR count). The van der Waals surface area contributed by atoms with Gasteiger partial charge in [0.2, 0.25) is 5.91 Å². The number of likely N-dealkylation sites (tertiary alicyclic amines) is 1. The topological polar surface area (TPSA) is 75.5 Å². The van der Waals surface area contributed by atoms with Crippen molar-refractivity contribution < 1.29 is 17.6 Å². The molecule has 2 aliphatic heterocycles. The summed E-state index contributed by atoms with van der Waals surface area (Å²) in [5, 5.41) is 0.296. The van der Waals surface area contributed by atoms with Gasteiger partial charge in [-0.05, 0) is 74.7 Å². The summed E-state index contributed by atoms with van der Waals surface area (Å²) in [7, 11) is -3.03. The van der Waals surface area contributed by atoms with Crippen LogP contribution in [-0.2, 0) is 33.1 Å². The smallest absolute Gasteiger partial charge is 0.238 e. The van der Waals surface area contributed by atoms with Crippen LogP contribution in [0.15, 0.2) is 36.4 Å². The van der Waals surface area contributed by atoms with Crippen molar-refractivity contribution in [3.63, 3.8) is 0 Å². The molecule has 3 aliphatic rings. The molecule has 3 heterocycles. The predicted octanol–water partition coefficient (Wildman–Crippen LogP) is 3.92. The Morgan fingerprint density at radius 3 is 2.69 bits per heavy atom. The van der Waals surface area contributed by atoms with Gasteiger partial charge in [-0.15, -0.1) is 0 Å². The van der Waals surface area contributed by atoms with E-state index in [-0.39, 0.29) is 23.5 Å². The highest BCUT2D eigenvalue weighted by Crippen LogP contribution is 2.57. The van der Waals surface area contributed by atoms with Crippen LogP contribution in [0.3, 0.4) is 0 Å². The Labute approximate surface area is 214 Å². The first-order valence-corrected chi connectivity index (χ1v) is 14.7. The number of carbonyl (C=O) groups is 1. The van der Waals surface area contributed by atoms with Crippen molar-refractivity contribution in [2.24, 2.45) is 0 Å². The van der Waals surface area contributed by atoms with Crippen LogP contribution in [0, 0.1) is 5.82 Å². The van der Waals surface area contributed by atoms with Gasteiger partial charge >= 0.3 is 0 Å². The number of imidazole rings is 1. The lowest BCUT2D eigenvalue weighted by atomic mass is 9.98. The molecule has 0 radical (unpaired) electrons. The molecule has 2 aromatic carbocycles. The third kappa shape index (κ3) is 4.01. The molecule has 1 aromatic heterocycles. The number of nitrogens with zero attached hydrogens (tertiary/aromatic N) is 4. The fourth-order valence-electron chi connectivity index (χ4n) is 5.85. The van der Waals surface area contributed by atoms with Crippen LogP contribution in [0.4, 0.5) is 10.1 Å². The van der Waals surface area contributed by atoms with Crippen LogP contribution in [-0.4, -0.2) is 59.9 Å². The summed E-state index contributed by atoms with van der Waals surface area (Å²) in [6, 6.07) is 10.2. The zero-order valence-corrected chi connectivity index (χ0v) is 21.7. The van der Waals surface area contributed by atoms with E-state index in [4.69, 9.17) is 16.6 Å². The van der Waals surface area contributed by atoms with Crippen LogP contribution in [0.5, 0.6) is 0 Å². The zero-order chi connectivity index (χ0) is 25.2. The molecule has 36 heavy (non-hydrogen) atoms. The molecular formula is C26H28ClFN4O3S. The van der Waals surface area contributed by atoms with Crippen molar-refractivity contribution >= 4 is 44.1 Å². The molecule has 1 spiro atoms. The average Bonchev–Trinajstić information content (AvgIpc) is 3.26. The quantitative estimate of drug-likeness (QED) is 0.463. The molecule has 0 bridgehead atoms. The molecule has 1 saturated heterocycles. The lowest BCUT2D eigenvalue weighted by molar-refractivity contribution is -0.120. The minimum atomic E-state index is -3.03. The van der Waals surface area contributed by atoms with E-state index < -0.39 is 15.3 Å². The van der Waals surface area contributed by atoms with E-state index in [0.717, 1.165) is 54.8 Å². The molecule has 190 valence electrons. The van der Waals surface area contributed by atoms with Gasteiger partial charge in [-0.2, -0.15) is 0 Å². The van der Waals surface area contributed by atoms with Crippen molar-refractivity contribution in [1.82, 2.24) is 14.5 Å². The number of anilines is 1. The number of amides is 1. The van der Waals surface area contributed by atoms with Gasteiger partial charge in [0.25, 0.3) is 0 Å². The summed E-state index contributed by atoms with van der Waals surface area (Å²) in [4.78, 5) is 22.1. The zero-order valence-electron chi connectivity index (χ0n) is 20.1. The SMILES string of the molecule is CS(=O)(=O)C1CCN(CCCn2c(CN3C(=O)C4(CC4)c4ccc(F)cc43)nc3cc(Cl)ccc32)C1. The van der Waals surface area contributed by atoms with E-state index in [1.807, 2.05) is 18.2 Å².